The van der Waals surface area contributed by atoms with E-state index in [1.165, 1.54) is 57.3 Å². The molecule has 1 aromatic rings. The zero-order chi connectivity index (χ0) is 14.9. The number of rotatable bonds is 8. The molecule has 0 amide bonds. The summed E-state index contributed by atoms with van der Waals surface area (Å²) in [6, 6.07) is 11.6. The Bertz CT molecular complexity index is 376. The third kappa shape index (κ3) is 5.80. The number of piperidine rings is 1. The average molecular weight is 288 g/mol. The summed E-state index contributed by atoms with van der Waals surface area (Å²) >= 11 is 0. The van der Waals surface area contributed by atoms with Gasteiger partial charge < -0.3 is 10.2 Å². The number of nitrogens with one attached hydrogen (secondary N) is 1. The van der Waals surface area contributed by atoms with Gasteiger partial charge in [0.15, 0.2) is 0 Å². The first-order valence-electron chi connectivity index (χ1n) is 8.79. The lowest BCUT2D eigenvalue weighted by Crippen LogP contribution is -2.44. The summed E-state index contributed by atoms with van der Waals surface area (Å²) in [6.45, 7) is 9.61. The molecule has 2 nitrogen and oxygen atoms in total. The van der Waals surface area contributed by atoms with Crippen molar-refractivity contribution in [1.29, 1.82) is 0 Å². The maximum absolute atomic E-state index is 3.68. The molecule has 118 valence electrons. The Kier molecular flexibility index (Phi) is 7.25. The Morgan fingerprint density at radius 1 is 1.29 bits per heavy atom. The largest absolute Gasteiger partial charge is 0.314 e. The van der Waals surface area contributed by atoms with Gasteiger partial charge in [0.1, 0.15) is 0 Å². The first-order valence-corrected chi connectivity index (χ1v) is 8.79. The van der Waals surface area contributed by atoms with Crippen LogP contribution in [0.1, 0.15) is 45.1 Å². The average Bonchev–Trinajstić information content (AvgIpc) is 2.54. The molecule has 1 aliphatic heterocycles. The molecule has 2 atom stereocenters. The summed E-state index contributed by atoms with van der Waals surface area (Å²) in [6.07, 6.45) is 6.50. The topological polar surface area (TPSA) is 15.3 Å². The lowest BCUT2D eigenvalue weighted by molar-refractivity contribution is 0.150. The quantitative estimate of drug-likeness (QED) is 0.784. The lowest BCUT2D eigenvalue weighted by atomic mass is 9.91. The van der Waals surface area contributed by atoms with Crippen LogP contribution < -0.4 is 5.32 Å². The van der Waals surface area contributed by atoms with E-state index in [0.29, 0.717) is 6.04 Å². The van der Waals surface area contributed by atoms with Crippen LogP contribution in [0.4, 0.5) is 0 Å². The molecule has 0 spiro atoms. The van der Waals surface area contributed by atoms with Crippen LogP contribution in [-0.4, -0.2) is 37.1 Å². The Balaban J connectivity index is 1.69. The number of hydrogen-bond acceptors (Lipinski definition) is 2. The molecule has 0 aromatic heterocycles. The number of benzene rings is 1. The number of likely N-dealkylation sites (tertiary alicyclic amines) is 1. The van der Waals surface area contributed by atoms with Crippen molar-refractivity contribution >= 4 is 0 Å². The Morgan fingerprint density at radius 2 is 2.10 bits per heavy atom. The minimum Gasteiger partial charge on any atom is -0.314 e. The third-order valence-electron chi connectivity index (χ3n) is 4.75. The predicted octanol–water partition coefficient (Wildman–Crippen LogP) is 3.72. The molecule has 0 aliphatic carbocycles. The first kappa shape index (κ1) is 16.5. The number of nitrogens with zero attached hydrogens (tertiary/aromatic N) is 1. The van der Waals surface area contributed by atoms with Gasteiger partial charge in [0.05, 0.1) is 0 Å². The van der Waals surface area contributed by atoms with Gasteiger partial charge in [0, 0.05) is 12.6 Å². The molecule has 1 aromatic carbocycles. The predicted molar refractivity (Wildman–Crippen MR) is 91.7 cm³/mol. The van der Waals surface area contributed by atoms with E-state index in [0.717, 1.165) is 12.5 Å². The van der Waals surface area contributed by atoms with Crippen LogP contribution in [0.25, 0.3) is 0 Å². The summed E-state index contributed by atoms with van der Waals surface area (Å²) in [4.78, 5) is 2.68. The molecule has 21 heavy (non-hydrogen) atoms. The molecule has 2 heteroatoms. The summed E-state index contributed by atoms with van der Waals surface area (Å²) in [5.74, 6) is 0.835. The molecule has 0 bridgehead atoms. The molecule has 0 radical (unpaired) electrons. The maximum atomic E-state index is 3.68. The van der Waals surface area contributed by atoms with E-state index in [1.54, 1.807) is 0 Å². The summed E-state index contributed by atoms with van der Waals surface area (Å²) in [7, 11) is 0. The number of hydrogen-bond donors (Lipinski definition) is 1. The second-order valence-corrected chi connectivity index (χ2v) is 6.53. The minimum absolute atomic E-state index is 0.668. The maximum Gasteiger partial charge on any atom is 0.00792 e. The molecular formula is C19H32N2. The fraction of sp³-hybridized carbons (Fsp3) is 0.684. The van der Waals surface area contributed by atoms with Gasteiger partial charge in [0.2, 0.25) is 0 Å². The van der Waals surface area contributed by atoms with Crippen LogP contribution >= 0.6 is 0 Å². The molecule has 1 aliphatic rings. The van der Waals surface area contributed by atoms with E-state index in [-0.39, 0.29) is 0 Å². The van der Waals surface area contributed by atoms with Gasteiger partial charge in [0.25, 0.3) is 0 Å². The van der Waals surface area contributed by atoms with Gasteiger partial charge in [-0.05, 0) is 70.1 Å². The van der Waals surface area contributed by atoms with Gasteiger partial charge in [-0.2, -0.15) is 0 Å². The van der Waals surface area contributed by atoms with Gasteiger partial charge in [-0.15, -0.1) is 0 Å². The highest BCUT2D eigenvalue weighted by Crippen LogP contribution is 2.20. The van der Waals surface area contributed by atoms with Crippen molar-refractivity contribution in [3.63, 3.8) is 0 Å². The standard InChI is InChI=1S/C19H32N2/c1-3-13-20-17(2)19-12-8-15-21(16-19)14-7-11-18-9-5-4-6-10-18/h4-6,9-10,17,19-20H,3,7-8,11-16H2,1-2H3. The molecule has 2 rings (SSSR count). The second-order valence-electron chi connectivity index (χ2n) is 6.53. The van der Waals surface area contributed by atoms with Gasteiger partial charge in [-0.1, -0.05) is 37.3 Å². The van der Waals surface area contributed by atoms with Gasteiger partial charge in [-0.25, -0.2) is 0 Å². The van der Waals surface area contributed by atoms with Crippen LogP contribution in [0, 0.1) is 5.92 Å². The van der Waals surface area contributed by atoms with Crippen molar-refractivity contribution < 1.29 is 0 Å². The highest BCUT2D eigenvalue weighted by Gasteiger charge is 2.23. The van der Waals surface area contributed by atoms with E-state index < -0.39 is 0 Å². The van der Waals surface area contributed by atoms with E-state index >= 15 is 0 Å². The van der Waals surface area contributed by atoms with Crippen LogP contribution in [0.5, 0.6) is 0 Å². The van der Waals surface area contributed by atoms with E-state index in [1.807, 2.05) is 0 Å². The van der Waals surface area contributed by atoms with Crippen molar-refractivity contribution in [2.24, 2.45) is 5.92 Å². The fourth-order valence-corrected chi connectivity index (χ4v) is 3.39. The van der Waals surface area contributed by atoms with Crippen molar-refractivity contribution in [2.75, 3.05) is 26.2 Å². The molecule has 1 saturated heterocycles. The van der Waals surface area contributed by atoms with Crippen LogP contribution in [-0.2, 0) is 6.42 Å². The fourth-order valence-electron chi connectivity index (χ4n) is 3.39. The van der Waals surface area contributed by atoms with Crippen molar-refractivity contribution in [3.8, 4) is 0 Å². The smallest absolute Gasteiger partial charge is 0.00792 e. The Morgan fingerprint density at radius 3 is 2.86 bits per heavy atom. The minimum atomic E-state index is 0.668. The van der Waals surface area contributed by atoms with Crippen molar-refractivity contribution in [1.82, 2.24) is 10.2 Å². The Hall–Kier alpha value is -0.860. The first-order chi connectivity index (χ1) is 10.3. The third-order valence-corrected chi connectivity index (χ3v) is 4.75. The summed E-state index contributed by atoms with van der Waals surface area (Å²) < 4.78 is 0. The highest BCUT2D eigenvalue weighted by atomic mass is 15.1. The molecule has 1 heterocycles. The number of aryl methyl sites for hydroxylation is 1. The molecule has 1 fully saturated rings. The van der Waals surface area contributed by atoms with E-state index in [9.17, 15) is 0 Å². The van der Waals surface area contributed by atoms with Crippen molar-refractivity contribution in [3.05, 3.63) is 35.9 Å². The normalized spacial score (nSPS) is 21.3. The van der Waals surface area contributed by atoms with Crippen LogP contribution in [0.3, 0.4) is 0 Å². The van der Waals surface area contributed by atoms with E-state index in [4.69, 9.17) is 0 Å². The van der Waals surface area contributed by atoms with Crippen LogP contribution in [0.2, 0.25) is 0 Å². The Labute approximate surface area is 130 Å². The molecule has 0 saturated carbocycles. The zero-order valence-electron chi connectivity index (χ0n) is 13.9. The summed E-state index contributed by atoms with van der Waals surface area (Å²) in [5, 5.41) is 3.68. The van der Waals surface area contributed by atoms with Crippen molar-refractivity contribution in [2.45, 2.75) is 52.0 Å². The molecular weight excluding hydrogens is 256 g/mol. The second kappa shape index (κ2) is 9.22. The van der Waals surface area contributed by atoms with Gasteiger partial charge >= 0.3 is 0 Å². The molecule has 1 N–H and O–H groups in total. The van der Waals surface area contributed by atoms with Crippen LogP contribution in [0.15, 0.2) is 30.3 Å². The summed E-state index contributed by atoms with van der Waals surface area (Å²) in [5.41, 5.74) is 1.48. The SMILES string of the molecule is CCCNC(C)C1CCCN(CCCc2ccccc2)C1. The lowest BCUT2D eigenvalue weighted by Gasteiger charge is -2.36. The zero-order valence-corrected chi connectivity index (χ0v) is 13.9. The highest BCUT2D eigenvalue weighted by molar-refractivity contribution is 5.14. The van der Waals surface area contributed by atoms with E-state index in [2.05, 4.69) is 54.4 Å². The van der Waals surface area contributed by atoms with Gasteiger partial charge in [-0.3, -0.25) is 0 Å². The monoisotopic (exact) mass is 288 g/mol. The molecule has 2 unspecified atom stereocenters.